The lowest BCUT2D eigenvalue weighted by molar-refractivity contribution is 0.0989. The molecule has 0 fully saturated rings. The van der Waals surface area contributed by atoms with E-state index in [1.54, 1.807) is 6.07 Å². The van der Waals surface area contributed by atoms with Crippen molar-refractivity contribution >= 4 is 11.5 Å². The molecule has 1 aromatic carbocycles. The molecule has 1 atom stereocenters. The summed E-state index contributed by atoms with van der Waals surface area (Å²) in [5.41, 5.74) is 8.31. The molecule has 0 aliphatic heterocycles. The Labute approximate surface area is 77.8 Å². The predicted molar refractivity (Wildman–Crippen MR) is 52.8 cm³/mol. The Hall–Kier alpha value is -1.31. The Morgan fingerprint density at radius 2 is 2.31 bits per heavy atom. The molecule has 2 heteroatoms. The summed E-state index contributed by atoms with van der Waals surface area (Å²) in [4.78, 5) is 11.6. The average molecular weight is 175 g/mol. The fraction of sp³-hybridized carbons (Fsp3) is 0.364. The summed E-state index contributed by atoms with van der Waals surface area (Å²) in [7, 11) is 0. The maximum atomic E-state index is 11.6. The van der Waals surface area contributed by atoms with Gasteiger partial charge in [0.05, 0.1) is 0 Å². The zero-order chi connectivity index (χ0) is 9.42. The largest absolute Gasteiger partial charge is 0.398 e. The van der Waals surface area contributed by atoms with E-state index in [2.05, 4.69) is 6.92 Å². The Kier molecular flexibility index (Phi) is 1.83. The van der Waals surface area contributed by atoms with Gasteiger partial charge in [0, 0.05) is 17.7 Å². The minimum atomic E-state index is 0.208. The third kappa shape index (κ3) is 1.13. The first kappa shape index (κ1) is 8.30. The number of hydrogen-bond donors (Lipinski definition) is 1. The zero-order valence-corrected chi connectivity index (χ0v) is 7.71. The van der Waals surface area contributed by atoms with Gasteiger partial charge in [-0.15, -0.1) is 0 Å². The van der Waals surface area contributed by atoms with Crippen LogP contribution >= 0.6 is 0 Å². The van der Waals surface area contributed by atoms with E-state index in [1.807, 2.05) is 12.1 Å². The lowest BCUT2D eigenvalue weighted by atomic mass is 9.98. The fourth-order valence-electron chi connectivity index (χ4n) is 2.05. The Bertz CT molecular complexity index is 357. The van der Waals surface area contributed by atoms with Gasteiger partial charge >= 0.3 is 0 Å². The van der Waals surface area contributed by atoms with E-state index in [4.69, 9.17) is 5.73 Å². The van der Waals surface area contributed by atoms with Gasteiger partial charge in [0.1, 0.15) is 0 Å². The van der Waals surface area contributed by atoms with Gasteiger partial charge in [-0.2, -0.15) is 0 Å². The normalized spacial score (nSPS) is 20.4. The number of carbonyl (C=O) groups excluding carboxylic acids is 1. The number of Topliss-reactive ketones (excluding diaryl/α,β-unsaturated/α-hetero) is 1. The van der Waals surface area contributed by atoms with E-state index < -0.39 is 0 Å². The average Bonchev–Trinajstić information content (AvgIpc) is 2.44. The molecule has 2 nitrogen and oxygen atoms in total. The Morgan fingerprint density at radius 3 is 3.00 bits per heavy atom. The van der Waals surface area contributed by atoms with Crippen molar-refractivity contribution in [1.82, 2.24) is 0 Å². The van der Waals surface area contributed by atoms with Crippen LogP contribution in [0.2, 0.25) is 0 Å². The van der Waals surface area contributed by atoms with Crippen molar-refractivity contribution in [2.75, 3.05) is 5.73 Å². The molecule has 13 heavy (non-hydrogen) atoms. The van der Waals surface area contributed by atoms with Crippen molar-refractivity contribution in [2.24, 2.45) is 0 Å². The molecule has 1 aromatic rings. The molecule has 2 rings (SSSR count). The molecule has 0 unspecified atom stereocenters. The molecule has 68 valence electrons. The molecule has 0 saturated heterocycles. The van der Waals surface area contributed by atoms with E-state index >= 15 is 0 Å². The van der Waals surface area contributed by atoms with Gasteiger partial charge in [-0.1, -0.05) is 19.1 Å². The third-order valence-corrected chi connectivity index (χ3v) is 2.77. The Balaban J connectivity index is 2.57. The van der Waals surface area contributed by atoms with Gasteiger partial charge < -0.3 is 5.73 Å². The van der Waals surface area contributed by atoms with Crippen LogP contribution in [0.15, 0.2) is 18.2 Å². The van der Waals surface area contributed by atoms with Crippen LogP contribution in [0.1, 0.15) is 41.6 Å². The maximum Gasteiger partial charge on any atom is 0.165 e. The lowest BCUT2D eigenvalue weighted by Gasteiger charge is -2.06. The van der Waals surface area contributed by atoms with Gasteiger partial charge in [0.25, 0.3) is 0 Å². The molecule has 0 bridgehead atoms. The van der Waals surface area contributed by atoms with Crippen molar-refractivity contribution in [3.8, 4) is 0 Å². The summed E-state index contributed by atoms with van der Waals surface area (Å²) in [5, 5.41) is 0. The number of nitrogen functional groups attached to an aromatic ring is 1. The summed E-state index contributed by atoms with van der Waals surface area (Å²) in [6.07, 6.45) is 1.66. The summed E-state index contributed by atoms with van der Waals surface area (Å²) in [6.45, 7) is 2.11. The SMILES string of the molecule is CC[C@@H]1CC(=O)c2c(N)cccc21. The van der Waals surface area contributed by atoms with E-state index in [0.29, 0.717) is 18.0 Å². The second-order valence-corrected chi connectivity index (χ2v) is 3.54. The standard InChI is InChI=1S/C11H13NO/c1-2-7-6-10(13)11-8(7)4-3-5-9(11)12/h3-5,7H,2,6,12H2,1H3/t7-/m1/s1. The topological polar surface area (TPSA) is 43.1 Å². The number of carbonyl (C=O) groups is 1. The first-order valence-corrected chi connectivity index (χ1v) is 4.65. The third-order valence-electron chi connectivity index (χ3n) is 2.77. The van der Waals surface area contributed by atoms with Crippen molar-refractivity contribution < 1.29 is 4.79 Å². The summed E-state index contributed by atoms with van der Waals surface area (Å²) in [5.74, 6) is 0.603. The molecule has 0 aromatic heterocycles. The van der Waals surface area contributed by atoms with E-state index in [-0.39, 0.29) is 5.78 Å². The second-order valence-electron chi connectivity index (χ2n) is 3.54. The minimum Gasteiger partial charge on any atom is -0.398 e. The van der Waals surface area contributed by atoms with E-state index in [9.17, 15) is 4.79 Å². The number of rotatable bonds is 1. The van der Waals surface area contributed by atoms with Gasteiger partial charge in [-0.05, 0) is 24.0 Å². The fourth-order valence-corrected chi connectivity index (χ4v) is 2.05. The highest BCUT2D eigenvalue weighted by Crippen LogP contribution is 2.37. The summed E-state index contributed by atoms with van der Waals surface area (Å²) in [6, 6.07) is 5.74. The van der Waals surface area contributed by atoms with Crippen molar-refractivity contribution in [3.05, 3.63) is 29.3 Å². The number of benzene rings is 1. The first-order valence-electron chi connectivity index (χ1n) is 4.65. The van der Waals surface area contributed by atoms with Crippen LogP contribution in [0.25, 0.3) is 0 Å². The smallest absolute Gasteiger partial charge is 0.165 e. The quantitative estimate of drug-likeness (QED) is 0.666. The molecule has 0 heterocycles. The molecular weight excluding hydrogens is 162 g/mol. The monoisotopic (exact) mass is 175 g/mol. The van der Waals surface area contributed by atoms with Gasteiger partial charge in [-0.25, -0.2) is 0 Å². The van der Waals surface area contributed by atoms with Crippen LogP contribution in [-0.4, -0.2) is 5.78 Å². The van der Waals surface area contributed by atoms with Crippen molar-refractivity contribution in [2.45, 2.75) is 25.7 Å². The van der Waals surface area contributed by atoms with Crippen LogP contribution in [0.5, 0.6) is 0 Å². The van der Waals surface area contributed by atoms with E-state index in [1.165, 1.54) is 0 Å². The number of nitrogens with two attached hydrogens (primary N) is 1. The molecule has 0 radical (unpaired) electrons. The van der Waals surface area contributed by atoms with Crippen molar-refractivity contribution in [3.63, 3.8) is 0 Å². The van der Waals surface area contributed by atoms with Crippen LogP contribution in [0.4, 0.5) is 5.69 Å². The second kappa shape index (κ2) is 2.87. The van der Waals surface area contributed by atoms with Crippen molar-refractivity contribution in [1.29, 1.82) is 0 Å². The number of fused-ring (bicyclic) bond motifs is 1. The first-order chi connectivity index (χ1) is 6.24. The maximum absolute atomic E-state index is 11.6. The van der Waals surface area contributed by atoms with Gasteiger partial charge in [0.2, 0.25) is 0 Å². The highest BCUT2D eigenvalue weighted by molar-refractivity contribution is 6.05. The molecule has 0 saturated carbocycles. The molecular formula is C11H13NO. The Morgan fingerprint density at radius 1 is 1.54 bits per heavy atom. The molecule has 0 amide bonds. The van der Waals surface area contributed by atoms with Gasteiger partial charge in [0.15, 0.2) is 5.78 Å². The van der Waals surface area contributed by atoms with Crippen LogP contribution in [-0.2, 0) is 0 Å². The lowest BCUT2D eigenvalue weighted by Crippen LogP contribution is -1.98. The number of ketones is 1. The molecule has 2 N–H and O–H groups in total. The minimum absolute atomic E-state index is 0.208. The van der Waals surface area contributed by atoms with Crippen LogP contribution in [0.3, 0.4) is 0 Å². The summed E-state index contributed by atoms with van der Waals surface area (Å²) < 4.78 is 0. The van der Waals surface area contributed by atoms with Crippen LogP contribution < -0.4 is 5.73 Å². The predicted octanol–water partition coefficient (Wildman–Crippen LogP) is 2.35. The van der Waals surface area contributed by atoms with Gasteiger partial charge in [-0.3, -0.25) is 4.79 Å². The van der Waals surface area contributed by atoms with E-state index in [0.717, 1.165) is 17.5 Å². The molecule has 0 spiro atoms. The molecule has 1 aliphatic rings. The number of anilines is 1. The summed E-state index contributed by atoms with van der Waals surface area (Å²) >= 11 is 0. The zero-order valence-electron chi connectivity index (χ0n) is 7.71. The molecule has 1 aliphatic carbocycles. The highest BCUT2D eigenvalue weighted by Gasteiger charge is 2.29. The van der Waals surface area contributed by atoms with Crippen LogP contribution in [0, 0.1) is 0 Å². The highest BCUT2D eigenvalue weighted by atomic mass is 16.1. The number of hydrogen-bond acceptors (Lipinski definition) is 2.